The minimum absolute atomic E-state index is 0.0795. The molecule has 1 aromatic carbocycles. The highest BCUT2D eigenvalue weighted by Crippen LogP contribution is 2.29. The van der Waals surface area contributed by atoms with Gasteiger partial charge in [-0.2, -0.15) is 0 Å². The lowest BCUT2D eigenvalue weighted by atomic mass is 9.91. The first-order valence-electron chi connectivity index (χ1n) is 12.0. The van der Waals surface area contributed by atoms with Crippen molar-refractivity contribution >= 4 is 23.5 Å². The van der Waals surface area contributed by atoms with Crippen molar-refractivity contribution in [1.82, 2.24) is 20.2 Å². The number of carbonyl (C=O) groups excluding carboxylic acids is 2. The standard InChI is InChI=1S/C27H31N5O5/c1-27(2,3)37-26(36)32-16-19-11-21(33)7-6-17(19)12-22(32)23(34)15-30-25(35)18-8-10-29-24(13-18)31-20-5-4-9-28-14-20/h4-11,13-14,22-23,33-34H,12,15-16H2,1-3H3,(H,29,31)(H,30,35)/t22-,23+/m0/s1. The molecule has 0 unspecified atom stereocenters. The summed E-state index contributed by atoms with van der Waals surface area (Å²) in [4.78, 5) is 35.6. The van der Waals surface area contributed by atoms with E-state index in [2.05, 4.69) is 20.6 Å². The van der Waals surface area contributed by atoms with E-state index in [9.17, 15) is 19.8 Å². The molecule has 194 valence electrons. The Morgan fingerprint density at radius 3 is 2.70 bits per heavy atom. The van der Waals surface area contributed by atoms with Crippen molar-refractivity contribution in [2.24, 2.45) is 0 Å². The van der Waals surface area contributed by atoms with Gasteiger partial charge in [0.05, 0.1) is 24.0 Å². The number of nitrogens with zero attached hydrogens (tertiary/aromatic N) is 3. The lowest BCUT2D eigenvalue weighted by Gasteiger charge is -2.40. The second-order valence-corrected chi connectivity index (χ2v) is 9.91. The van der Waals surface area contributed by atoms with E-state index in [1.807, 2.05) is 6.07 Å². The van der Waals surface area contributed by atoms with Crippen LogP contribution in [0.15, 0.2) is 61.1 Å². The molecule has 1 aliphatic rings. The number of nitrogens with one attached hydrogen (secondary N) is 2. The fourth-order valence-electron chi connectivity index (χ4n) is 4.12. The van der Waals surface area contributed by atoms with E-state index in [0.29, 0.717) is 17.8 Å². The van der Waals surface area contributed by atoms with Crippen LogP contribution in [-0.2, 0) is 17.7 Å². The van der Waals surface area contributed by atoms with Gasteiger partial charge in [-0.1, -0.05) is 6.07 Å². The molecule has 0 saturated carbocycles. The molecular weight excluding hydrogens is 474 g/mol. The summed E-state index contributed by atoms with van der Waals surface area (Å²) in [6.45, 7) is 5.40. The Kier molecular flexibility index (Phi) is 7.58. The summed E-state index contributed by atoms with van der Waals surface area (Å²) < 4.78 is 5.57. The van der Waals surface area contributed by atoms with E-state index in [1.54, 1.807) is 69.6 Å². The number of pyridine rings is 2. The van der Waals surface area contributed by atoms with Crippen molar-refractivity contribution in [3.05, 3.63) is 77.7 Å². The fraction of sp³-hybridized carbons (Fsp3) is 0.333. The normalized spacial score (nSPS) is 15.9. The summed E-state index contributed by atoms with van der Waals surface area (Å²) >= 11 is 0. The molecule has 1 aliphatic heterocycles. The van der Waals surface area contributed by atoms with Gasteiger partial charge in [-0.05, 0) is 74.7 Å². The second-order valence-electron chi connectivity index (χ2n) is 9.91. The third-order valence-corrected chi connectivity index (χ3v) is 5.86. The van der Waals surface area contributed by atoms with Crippen LogP contribution in [-0.4, -0.2) is 61.4 Å². The van der Waals surface area contributed by atoms with E-state index < -0.39 is 23.8 Å². The molecule has 3 heterocycles. The quantitative estimate of drug-likeness (QED) is 0.400. The van der Waals surface area contributed by atoms with E-state index >= 15 is 0 Å². The van der Waals surface area contributed by atoms with Gasteiger partial charge in [0, 0.05) is 31.0 Å². The molecule has 10 nitrogen and oxygen atoms in total. The summed E-state index contributed by atoms with van der Waals surface area (Å²) in [5.74, 6) is 0.189. The lowest BCUT2D eigenvalue weighted by molar-refractivity contribution is -0.0113. The van der Waals surface area contributed by atoms with Gasteiger partial charge in [0.15, 0.2) is 0 Å². The number of rotatable bonds is 6. The molecule has 0 bridgehead atoms. The summed E-state index contributed by atoms with van der Waals surface area (Å²) in [6, 6.07) is 11.1. The van der Waals surface area contributed by atoms with Crippen molar-refractivity contribution in [3.63, 3.8) is 0 Å². The predicted molar refractivity (Wildman–Crippen MR) is 137 cm³/mol. The maximum atomic E-state index is 13.0. The molecule has 0 radical (unpaired) electrons. The Morgan fingerprint density at radius 1 is 1.16 bits per heavy atom. The van der Waals surface area contributed by atoms with Crippen LogP contribution in [0.2, 0.25) is 0 Å². The smallest absolute Gasteiger partial charge is 0.410 e. The van der Waals surface area contributed by atoms with Crippen LogP contribution >= 0.6 is 0 Å². The highest BCUT2D eigenvalue weighted by Gasteiger charge is 2.37. The van der Waals surface area contributed by atoms with Crippen molar-refractivity contribution < 1.29 is 24.5 Å². The summed E-state index contributed by atoms with van der Waals surface area (Å²) in [7, 11) is 0. The zero-order valence-electron chi connectivity index (χ0n) is 21.0. The number of amides is 2. The molecule has 0 fully saturated rings. The first-order chi connectivity index (χ1) is 17.6. The van der Waals surface area contributed by atoms with E-state index in [1.165, 1.54) is 11.1 Å². The number of hydrogen-bond donors (Lipinski definition) is 4. The van der Waals surface area contributed by atoms with Crippen LogP contribution in [0.4, 0.5) is 16.3 Å². The van der Waals surface area contributed by atoms with Gasteiger partial charge >= 0.3 is 6.09 Å². The number of benzene rings is 1. The van der Waals surface area contributed by atoms with Gasteiger partial charge < -0.3 is 25.6 Å². The van der Waals surface area contributed by atoms with Crippen LogP contribution in [0, 0.1) is 0 Å². The third-order valence-electron chi connectivity index (χ3n) is 5.86. The van der Waals surface area contributed by atoms with Crippen molar-refractivity contribution in [2.45, 2.75) is 51.5 Å². The largest absolute Gasteiger partial charge is 0.508 e. The van der Waals surface area contributed by atoms with Crippen LogP contribution in [0.1, 0.15) is 42.3 Å². The van der Waals surface area contributed by atoms with Gasteiger partial charge in [-0.25, -0.2) is 9.78 Å². The number of aliphatic hydroxyl groups excluding tert-OH is 1. The number of aliphatic hydroxyl groups is 1. The predicted octanol–water partition coefficient (Wildman–Crippen LogP) is 3.38. The number of aromatic hydroxyl groups is 1. The Bertz CT molecular complexity index is 1260. The Morgan fingerprint density at radius 2 is 1.97 bits per heavy atom. The third kappa shape index (κ3) is 6.73. The van der Waals surface area contributed by atoms with E-state index in [4.69, 9.17) is 4.74 Å². The number of anilines is 2. The minimum Gasteiger partial charge on any atom is -0.508 e. The van der Waals surface area contributed by atoms with Crippen LogP contribution in [0.5, 0.6) is 5.75 Å². The maximum Gasteiger partial charge on any atom is 0.410 e. The highest BCUT2D eigenvalue weighted by atomic mass is 16.6. The molecule has 3 aromatic rings. The first-order valence-corrected chi connectivity index (χ1v) is 12.0. The number of phenols is 1. The fourth-order valence-corrected chi connectivity index (χ4v) is 4.12. The van der Waals surface area contributed by atoms with Gasteiger partial charge in [0.25, 0.3) is 5.91 Å². The monoisotopic (exact) mass is 505 g/mol. The Labute approximate surface area is 215 Å². The summed E-state index contributed by atoms with van der Waals surface area (Å²) in [5.41, 5.74) is 2.07. The van der Waals surface area contributed by atoms with Gasteiger partial charge in [0.2, 0.25) is 0 Å². The number of ether oxygens (including phenoxy) is 1. The number of carbonyl (C=O) groups is 2. The van der Waals surface area contributed by atoms with E-state index in [-0.39, 0.29) is 24.7 Å². The van der Waals surface area contributed by atoms with Crippen LogP contribution in [0.3, 0.4) is 0 Å². The maximum absolute atomic E-state index is 13.0. The number of hydrogen-bond acceptors (Lipinski definition) is 8. The molecule has 2 aromatic heterocycles. The molecule has 2 amide bonds. The molecule has 2 atom stereocenters. The van der Waals surface area contributed by atoms with Gasteiger partial charge in [-0.3, -0.25) is 14.7 Å². The Balaban J connectivity index is 1.45. The van der Waals surface area contributed by atoms with Crippen LogP contribution in [0.25, 0.3) is 0 Å². The zero-order valence-corrected chi connectivity index (χ0v) is 21.0. The van der Waals surface area contributed by atoms with Gasteiger partial charge in [0.1, 0.15) is 17.2 Å². The molecule has 0 saturated heterocycles. The molecule has 4 rings (SSSR count). The molecule has 4 N–H and O–H groups in total. The lowest BCUT2D eigenvalue weighted by Crippen LogP contribution is -2.54. The molecule has 0 spiro atoms. The van der Waals surface area contributed by atoms with Crippen molar-refractivity contribution in [1.29, 1.82) is 0 Å². The number of aromatic nitrogens is 2. The number of fused-ring (bicyclic) bond motifs is 1. The molecule has 10 heteroatoms. The molecular formula is C27H31N5O5. The SMILES string of the molecule is CC(C)(C)OC(=O)N1Cc2cc(O)ccc2C[C@H]1[C@H](O)CNC(=O)c1ccnc(Nc2cccnc2)c1. The number of phenolic OH excluding ortho intramolecular Hbond substituents is 1. The first kappa shape index (κ1) is 25.9. The molecule has 0 aliphatic carbocycles. The van der Waals surface area contributed by atoms with Crippen molar-refractivity contribution in [2.75, 3.05) is 11.9 Å². The minimum atomic E-state index is -1.06. The molecule has 37 heavy (non-hydrogen) atoms. The highest BCUT2D eigenvalue weighted by molar-refractivity contribution is 5.94. The zero-order chi connectivity index (χ0) is 26.6. The van der Waals surface area contributed by atoms with E-state index in [0.717, 1.165) is 16.8 Å². The summed E-state index contributed by atoms with van der Waals surface area (Å²) in [6.07, 6.45) is 3.53. The average molecular weight is 506 g/mol. The van der Waals surface area contributed by atoms with Crippen molar-refractivity contribution in [3.8, 4) is 5.75 Å². The Hall–Kier alpha value is -4.18. The topological polar surface area (TPSA) is 137 Å². The average Bonchev–Trinajstić information content (AvgIpc) is 2.86. The van der Waals surface area contributed by atoms with Gasteiger partial charge in [-0.15, -0.1) is 0 Å². The second kappa shape index (κ2) is 10.8. The summed E-state index contributed by atoms with van der Waals surface area (Å²) in [5, 5.41) is 26.8. The van der Waals surface area contributed by atoms with Crippen LogP contribution < -0.4 is 10.6 Å².